The van der Waals surface area contributed by atoms with Crippen molar-refractivity contribution in [1.29, 1.82) is 0 Å². The summed E-state index contributed by atoms with van der Waals surface area (Å²) in [5, 5.41) is 12.0. The second-order valence-electron chi connectivity index (χ2n) is 3.85. The predicted octanol–water partition coefficient (Wildman–Crippen LogP) is 1.59. The Balaban J connectivity index is 2.44. The van der Waals surface area contributed by atoms with Gasteiger partial charge in [-0.2, -0.15) is 0 Å². The largest absolute Gasteiger partial charge is 0.478 e. The third-order valence-electron chi connectivity index (χ3n) is 2.36. The van der Waals surface area contributed by atoms with E-state index in [1.165, 1.54) is 12.3 Å². The lowest BCUT2D eigenvalue weighted by Gasteiger charge is -2.09. The number of carboxylic acid groups (broad SMARTS) is 1. The number of nitrogen functional groups attached to an aromatic ring is 1. The van der Waals surface area contributed by atoms with Gasteiger partial charge in [0.25, 0.3) is 0 Å². The lowest BCUT2D eigenvalue weighted by Crippen LogP contribution is -2.13. The van der Waals surface area contributed by atoms with E-state index in [-0.39, 0.29) is 11.4 Å². The SMILES string of the molecule is CCCCOCCNc1cnc(N)cc1C(=O)O. The van der Waals surface area contributed by atoms with E-state index in [9.17, 15) is 4.79 Å². The molecule has 0 saturated heterocycles. The first kappa shape index (κ1) is 14.2. The topological polar surface area (TPSA) is 97.5 Å². The molecule has 0 radical (unpaired) electrons. The number of rotatable bonds is 8. The molecule has 1 aromatic rings. The van der Waals surface area contributed by atoms with E-state index in [0.717, 1.165) is 19.4 Å². The molecule has 0 amide bonds. The van der Waals surface area contributed by atoms with Crippen molar-refractivity contribution in [2.75, 3.05) is 30.8 Å². The highest BCUT2D eigenvalue weighted by atomic mass is 16.5. The summed E-state index contributed by atoms with van der Waals surface area (Å²) in [6.07, 6.45) is 3.55. The smallest absolute Gasteiger partial charge is 0.337 e. The number of hydrogen-bond acceptors (Lipinski definition) is 5. The number of carbonyl (C=O) groups is 1. The molecule has 18 heavy (non-hydrogen) atoms. The molecule has 4 N–H and O–H groups in total. The number of aromatic nitrogens is 1. The molecular weight excluding hydrogens is 234 g/mol. The predicted molar refractivity (Wildman–Crippen MR) is 69.8 cm³/mol. The Kier molecular flexibility index (Phi) is 5.93. The van der Waals surface area contributed by atoms with Crippen LogP contribution in [0.2, 0.25) is 0 Å². The number of pyridine rings is 1. The van der Waals surface area contributed by atoms with Crippen LogP contribution in [0.3, 0.4) is 0 Å². The third kappa shape index (κ3) is 4.58. The molecule has 100 valence electrons. The summed E-state index contributed by atoms with van der Waals surface area (Å²) < 4.78 is 5.36. The Hall–Kier alpha value is -1.82. The molecule has 0 spiro atoms. The maximum absolute atomic E-state index is 11.0. The summed E-state index contributed by atoms with van der Waals surface area (Å²) in [7, 11) is 0. The van der Waals surface area contributed by atoms with Crippen molar-refractivity contribution in [3.05, 3.63) is 17.8 Å². The Morgan fingerprint density at radius 3 is 3.00 bits per heavy atom. The maximum atomic E-state index is 11.0. The minimum absolute atomic E-state index is 0.121. The molecule has 1 rings (SSSR count). The van der Waals surface area contributed by atoms with Gasteiger partial charge in [-0.15, -0.1) is 0 Å². The molecule has 0 aromatic carbocycles. The van der Waals surface area contributed by atoms with Gasteiger partial charge in [0.2, 0.25) is 0 Å². The molecule has 0 aliphatic carbocycles. The molecule has 0 unspecified atom stereocenters. The van der Waals surface area contributed by atoms with E-state index in [4.69, 9.17) is 15.6 Å². The maximum Gasteiger partial charge on any atom is 0.337 e. The van der Waals surface area contributed by atoms with Gasteiger partial charge in [0.1, 0.15) is 5.82 Å². The fraction of sp³-hybridized carbons (Fsp3) is 0.500. The van der Waals surface area contributed by atoms with E-state index in [0.29, 0.717) is 18.8 Å². The number of nitrogens with zero attached hydrogens (tertiary/aromatic N) is 1. The average Bonchev–Trinajstić information content (AvgIpc) is 2.35. The highest BCUT2D eigenvalue weighted by molar-refractivity contribution is 5.94. The van der Waals surface area contributed by atoms with Crippen LogP contribution >= 0.6 is 0 Å². The molecule has 0 aliphatic rings. The molecule has 6 heteroatoms. The molecule has 1 heterocycles. The van der Waals surface area contributed by atoms with Crippen LogP contribution in [0.15, 0.2) is 12.3 Å². The van der Waals surface area contributed by atoms with E-state index >= 15 is 0 Å². The van der Waals surface area contributed by atoms with Crippen molar-refractivity contribution in [1.82, 2.24) is 4.98 Å². The Morgan fingerprint density at radius 1 is 1.56 bits per heavy atom. The van der Waals surface area contributed by atoms with E-state index < -0.39 is 5.97 Å². The standard InChI is InChI=1S/C12H19N3O3/c1-2-3-5-18-6-4-14-10-8-15-11(13)7-9(10)12(16)17/h7-8,14H,2-6H2,1H3,(H2,13,15)(H,16,17). The van der Waals surface area contributed by atoms with Crippen LogP contribution in [0.1, 0.15) is 30.1 Å². The van der Waals surface area contributed by atoms with Gasteiger partial charge in [0.05, 0.1) is 24.1 Å². The van der Waals surface area contributed by atoms with Gasteiger partial charge in [-0.1, -0.05) is 13.3 Å². The zero-order chi connectivity index (χ0) is 13.4. The van der Waals surface area contributed by atoms with E-state index in [2.05, 4.69) is 17.2 Å². The van der Waals surface area contributed by atoms with Crippen molar-refractivity contribution in [3.8, 4) is 0 Å². The quantitative estimate of drug-likeness (QED) is 0.609. The van der Waals surface area contributed by atoms with Gasteiger partial charge in [-0.05, 0) is 12.5 Å². The normalized spacial score (nSPS) is 10.3. The molecule has 0 fully saturated rings. The molecule has 0 bridgehead atoms. The minimum atomic E-state index is -1.03. The second-order valence-corrected chi connectivity index (χ2v) is 3.85. The number of unbranched alkanes of at least 4 members (excludes halogenated alkanes) is 1. The number of ether oxygens (including phenoxy) is 1. The summed E-state index contributed by atoms with van der Waals surface area (Å²) in [5.41, 5.74) is 6.02. The second kappa shape index (κ2) is 7.50. The van der Waals surface area contributed by atoms with Crippen LogP contribution in [0, 0.1) is 0 Å². The molecule has 0 atom stereocenters. The van der Waals surface area contributed by atoms with Crippen LogP contribution in [-0.2, 0) is 4.74 Å². The first-order valence-electron chi connectivity index (χ1n) is 5.95. The lowest BCUT2D eigenvalue weighted by atomic mass is 10.2. The summed E-state index contributed by atoms with van der Waals surface area (Å²) in [6, 6.07) is 1.34. The van der Waals surface area contributed by atoms with Gasteiger partial charge in [-0.3, -0.25) is 0 Å². The van der Waals surface area contributed by atoms with Crippen molar-refractivity contribution in [3.63, 3.8) is 0 Å². The monoisotopic (exact) mass is 253 g/mol. The number of carboxylic acids is 1. The van der Waals surface area contributed by atoms with Gasteiger partial charge in [-0.25, -0.2) is 9.78 Å². The third-order valence-corrected chi connectivity index (χ3v) is 2.36. The zero-order valence-corrected chi connectivity index (χ0v) is 10.5. The summed E-state index contributed by atoms with van der Waals surface area (Å²) >= 11 is 0. The van der Waals surface area contributed by atoms with Gasteiger partial charge in [0.15, 0.2) is 0 Å². The molecule has 0 aliphatic heterocycles. The molecule has 6 nitrogen and oxygen atoms in total. The Morgan fingerprint density at radius 2 is 2.33 bits per heavy atom. The van der Waals surface area contributed by atoms with Crippen molar-refractivity contribution < 1.29 is 14.6 Å². The molecule has 0 saturated carbocycles. The highest BCUT2D eigenvalue weighted by Crippen LogP contribution is 2.16. The number of anilines is 2. The van der Waals surface area contributed by atoms with Crippen LogP contribution in [0.4, 0.5) is 11.5 Å². The van der Waals surface area contributed by atoms with Crippen LogP contribution in [-0.4, -0.2) is 35.8 Å². The average molecular weight is 253 g/mol. The number of aromatic carboxylic acids is 1. The van der Waals surface area contributed by atoms with Crippen LogP contribution in [0.5, 0.6) is 0 Å². The fourth-order valence-corrected chi connectivity index (χ4v) is 1.40. The number of nitrogens with one attached hydrogen (secondary N) is 1. The van der Waals surface area contributed by atoms with Crippen molar-refractivity contribution in [2.24, 2.45) is 0 Å². The van der Waals surface area contributed by atoms with Crippen molar-refractivity contribution in [2.45, 2.75) is 19.8 Å². The van der Waals surface area contributed by atoms with Gasteiger partial charge >= 0.3 is 5.97 Å². The summed E-state index contributed by atoms with van der Waals surface area (Å²) in [4.78, 5) is 14.9. The van der Waals surface area contributed by atoms with Crippen LogP contribution in [0.25, 0.3) is 0 Å². The molecular formula is C12H19N3O3. The van der Waals surface area contributed by atoms with Crippen LogP contribution < -0.4 is 11.1 Å². The van der Waals surface area contributed by atoms with Gasteiger partial charge < -0.3 is 20.9 Å². The fourth-order valence-electron chi connectivity index (χ4n) is 1.40. The van der Waals surface area contributed by atoms with Gasteiger partial charge in [0, 0.05) is 13.2 Å². The summed E-state index contributed by atoms with van der Waals surface area (Å²) in [5.74, 6) is -0.837. The molecule has 1 aromatic heterocycles. The Labute approximate surface area is 106 Å². The lowest BCUT2D eigenvalue weighted by molar-refractivity contribution is 0.0697. The Bertz CT molecular complexity index is 396. The first-order valence-corrected chi connectivity index (χ1v) is 5.95. The van der Waals surface area contributed by atoms with E-state index in [1.54, 1.807) is 0 Å². The van der Waals surface area contributed by atoms with Crippen molar-refractivity contribution >= 4 is 17.5 Å². The number of hydrogen-bond donors (Lipinski definition) is 3. The summed E-state index contributed by atoms with van der Waals surface area (Å²) in [6.45, 7) is 3.89. The first-order chi connectivity index (χ1) is 8.65. The van der Waals surface area contributed by atoms with E-state index in [1.807, 2.05) is 0 Å². The highest BCUT2D eigenvalue weighted by Gasteiger charge is 2.10. The minimum Gasteiger partial charge on any atom is -0.478 e. The zero-order valence-electron chi connectivity index (χ0n) is 10.5. The number of nitrogens with two attached hydrogens (primary N) is 1.